The van der Waals surface area contributed by atoms with Crippen LogP contribution in [0, 0.1) is 5.82 Å². The number of carboxylic acid groups (broad SMARTS) is 1. The van der Waals surface area contributed by atoms with Crippen LogP contribution >= 0.6 is 11.6 Å². The first kappa shape index (κ1) is 10.2. The Balaban J connectivity index is 2.55. The second kappa shape index (κ2) is 3.70. The van der Waals surface area contributed by atoms with E-state index in [-0.39, 0.29) is 5.02 Å². The van der Waals surface area contributed by atoms with Crippen LogP contribution < -0.4 is 5.32 Å². The van der Waals surface area contributed by atoms with Crippen LogP contribution in [-0.2, 0) is 4.79 Å². The maximum Gasteiger partial charge on any atom is 0.311 e. The SMILES string of the molecule is O=C(O)C1CCNc2c(Cl)cc(F)cc21. The van der Waals surface area contributed by atoms with E-state index >= 15 is 0 Å². The van der Waals surface area contributed by atoms with E-state index in [9.17, 15) is 9.18 Å². The second-order valence-corrected chi connectivity index (χ2v) is 3.87. The molecule has 0 saturated carbocycles. The van der Waals surface area contributed by atoms with E-state index in [1.54, 1.807) is 0 Å². The van der Waals surface area contributed by atoms with Crippen LogP contribution in [0.2, 0.25) is 5.02 Å². The number of hydrogen-bond acceptors (Lipinski definition) is 2. The van der Waals surface area contributed by atoms with Crippen molar-refractivity contribution < 1.29 is 14.3 Å². The number of anilines is 1. The lowest BCUT2D eigenvalue weighted by molar-refractivity contribution is -0.138. The molecule has 2 N–H and O–H groups in total. The van der Waals surface area contributed by atoms with E-state index in [0.717, 1.165) is 0 Å². The quantitative estimate of drug-likeness (QED) is 0.778. The lowest BCUT2D eigenvalue weighted by Crippen LogP contribution is -2.23. The van der Waals surface area contributed by atoms with E-state index in [4.69, 9.17) is 16.7 Å². The van der Waals surface area contributed by atoms with Crippen molar-refractivity contribution in [3.63, 3.8) is 0 Å². The molecule has 1 aliphatic rings. The van der Waals surface area contributed by atoms with Gasteiger partial charge >= 0.3 is 5.97 Å². The van der Waals surface area contributed by atoms with Crippen molar-refractivity contribution in [2.75, 3.05) is 11.9 Å². The summed E-state index contributed by atoms with van der Waals surface area (Å²) in [6.07, 6.45) is 0.447. The van der Waals surface area contributed by atoms with Crippen LogP contribution in [0.3, 0.4) is 0 Å². The van der Waals surface area contributed by atoms with Gasteiger partial charge in [0.2, 0.25) is 0 Å². The standard InChI is InChI=1S/C10H9ClFNO2/c11-8-4-5(12)3-7-6(10(14)15)1-2-13-9(7)8/h3-4,6,13H,1-2H2,(H,14,15). The summed E-state index contributed by atoms with van der Waals surface area (Å²) in [5, 5.41) is 12.2. The molecule has 0 bridgehead atoms. The van der Waals surface area contributed by atoms with Gasteiger partial charge in [0.1, 0.15) is 5.82 Å². The summed E-state index contributed by atoms with van der Waals surface area (Å²) >= 11 is 5.82. The summed E-state index contributed by atoms with van der Waals surface area (Å²) in [7, 11) is 0. The van der Waals surface area contributed by atoms with Crippen molar-refractivity contribution in [1.82, 2.24) is 0 Å². The van der Waals surface area contributed by atoms with Crippen LogP contribution in [0.1, 0.15) is 17.9 Å². The van der Waals surface area contributed by atoms with E-state index in [2.05, 4.69) is 5.32 Å². The van der Waals surface area contributed by atoms with Gasteiger partial charge in [-0.25, -0.2) is 4.39 Å². The van der Waals surface area contributed by atoms with Crippen molar-refractivity contribution >= 4 is 23.3 Å². The molecule has 1 heterocycles. The highest BCUT2D eigenvalue weighted by atomic mass is 35.5. The maximum atomic E-state index is 13.1. The van der Waals surface area contributed by atoms with Crippen molar-refractivity contribution in [1.29, 1.82) is 0 Å². The summed E-state index contributed by atoms with van der Waals surface area (Å²) in [4.78, 5) is 10.9. The molecule has 1 aromatic carbocycles. The van der Waals surface area contributed by atoms with Crippen molar-refractivity contribution in [3.8, 4) is 0 Å². The number of carbonyl (C=O) groups is 1. The molecule has 0 saturated heterocycles. The van der Waals surface area contributed by atoms with Crippen LogP contribution in [0.25, 0.3) is 0 Å². The average molecular weight is 230 g/mol. The highest BCUT2D eigenvalue weighted by molar-refractivity contribution is 6.33. The number of hydrogen-bond donors (Lipinski definition) is 2. The molecule has 0 radical (unpaired) electrons. The molecule has 1 atom stereocenters. The molecule has 2 rings (SSSR count). The summed E-state index contributed by atoms with van der Waals surface area (Å²) in [6.45, 7) is 0.537. The summed E-state index contributed by atoms with van der Waals surface area (Å²) in [5.41, 5.74) is 0.968. The normalized spacial score (nSPS) is 19.2. The number of nitrogens with one attached hydrogen (secondary N) is 1. The molecule has 0 spiro atoms. The Labute approximate surface area is 90.9 Å². The van der Waals surface area contributed by atoms with Crippen LogP contribution in [0.4, 0.5) is 10.1 Å². The van der Waals surface area contributed by atoms with E-state index in [0.29, 0.717) is 24.2 Å². The fourth-order valence-corrected chi connectivity index (χ4v) is 2.09. The third-order valence-corrected chi connectivity index (χ3v) is 2.79. The predicted molar refractivity (Wildman–Crippen MR) is 54.9 cm³/mol. The van der Waals surface area contributed by atoms with Crippen molar-refractivity contribution in [3.05, 3.63) is 28.5 Å². The van der Waals surface area contributed by atoms with E-state index < -0.39 is 17.7 Å². The maximum absolute atomic E-state index is 13.1. The van der Waals surface area contributed by atoms with Gasteiger partial charge in [-0.1, -0.05) is 11.6 Å². The van der Waals surface area contributed by atoms with Crippen LogP contribution in [-0.4, -0.2) is 17.6 Å². The molecular formula is C10H9ClFNO2. The number of aliphatic carboxylic acids is 1. The molecule has 15 heavy (non-hydrogen) atoms. The molecule has 1 aliphatic heterocycles. The van der Waals surface area contributed by atoms with Crippen molar-refractivity contribution in [2.24, 2.45) is 0 Å². The molecule has 0 fully saturated rings. The topological polar surface area (TPSA) is 49.3 Å². The Kier molecular flexibility index (Phi) is 2.52. The average Bonchev–Trinajstić information content (AvgIpc) is 2.16. The molecule has 0 aliphatic carbocycles. The molecule has 5 heteroatoms. The predicted octanol–water partition coefficient (Wildman–Crippen LogP) is 2.46. The van der Waals surface area contributed by atoms with E-state index in [1.807, 2.05) is 0 Å². The molecule has 1 aromatic rings. The fourth-order valence-electron chi connectivity index (χ4n) is 1.81. The Hall–Kier alpha value is -1.29. The minimum atomic E-state index is -0.945. The molecule has 3 nitrogen and oxygen atoms in total. The largest absolute Gasteiger partial charge is 0.481 e. The van der Waals surface area contributed by atoms with Gasteiger partial charge < -0.3 is 10.4 Å². The number of fused-ring (bicyclic) bond motifs is 1. The lowest BCUT2D eigenvalue weighted by Gasteiger charge is -2.24. The third-order valence-electron chi connectivity index (χ3n) is 2.49. The zero-order chi connectivity index (χ0) is 11.0. The van der Waals surface area contributed by atoms with Gasteiger partial charge in [-0.2, -0.15) is 0 Å². The smallest absolute Gasteiger partial charge is 0.311 e. The number of carboxylic acids is 1. The first-order valence-corrected chi connectivity index (χ1v) is 4.93. The molecule has 1 unspecified atom stereocenters. The van der Waals surface area contributed by atoms with E-state index in [1.165, 1.54) is 12.1 Å². The summed E-state index contributed by atoms with van der Waals surface area (Å²) in [6, 6.07) is 2.41. The van der Waals surface area contributed by atoms with Gasteiger partial charge in [0.15, 0.2) is 0 Å². The second-order valence-electron chi connectivity index (χ2n) is 3.46. The van der Waals surface area contributed by atoms with Gasteiger partial charge in [-0.05, 0) is 24.1 Å². The molecule has 0 amide bonds. The first-order chi connectivity index (χ1) is 7.09. The highest BCUT2D eigenvalue weighted by Gasteiger charge is 2.28. The van der Waals surface area contributed by atoms with Gasteiger partial charge in [0, 0.05) is 6.54 Å². The Bertz CT molecular complexity index is 422. The molecule has 80 valence electrons. The summed E-state index contributed by atoms with van der Waals surface area (Å²) in [5.74, 6) is -2.12. The first-order valence-electron chi connectivity index (χ1n) is 4.55. The minimum Gasteiger partial charge on any atom is -0.481 e. The zero-order valence-electron chi connectivity index (χ0n) is 7.76. The number of halogens is 2. The molecule has 0 aromatic heterocycles. The molecular weight excluding hydrogens is 221 g/mol. The Morgan fingerprint density at radius 1 is 1.60 bits per heavy atom. The third kappa shape index (κ3) is 1.77. The zero-order valence-corrected chi connectivity index (χ0v) is 8.51. The monoisotopic (exact) mass is 229 g/mol. The number of rotatable bonds is 1. The van der Waals surface area contributed by atoms with Gasteiger partial charge in [0.25, 0.3) is 0 Å². The summed E-state index contributed by atoms with van der Waals surface area (Å²) < 4.78 is 13.1. The highest BCUT2D eigenvalue weighted by Crippen LogP contribution is 2.37. The van der Waals surface area contributed by atoms with Gasteiger partial charge in [-0.3, -0.25) is 4.79 Å². The van der Waals surface area contributed by atoms with Crippen LogP contribution in [0.5, 0.6) is 0 Å². The minimum absolute atomic E-state index is 0.232. The van der Waals surface area contributed by atoms with Crippen LogP contribution in [0.15, 0.2) is 12.1 Å². The lowest BCUT2D eigenvalue weighted by atomic mass is 9.91. The Morgan fingerprint density at radius 2 is 2.33 bits per heavy atom. The number of benzene rings is 1. The van der Waals surface area contributed by atoms with Crippen molar-refractivity contribution in [2.45, 2.75) is 12.3 Å². The van der Waals surface area contributed by atoms with Gasteiger partial charge in [0.05, 0.1) is 16.6 Å². The van der Waals surface area contributed by atoms with Gasteiger partial charge in [-0.15, -0.1) is 0 Å². The fraction of sp³-hybridized carbons (Fsp3) is 0.300. The Morgan fingerprint density at radius 3 is 3.00 bits per heavy atom.